The van der Waals surface area contributed by atoms with Gasteiger partial charge in [-0.05, 0) is 11.6 Å². The lowest BCUT2D eigenvalue weighted by Crippen LogP contribution is -2.46. The number of hydrogen-bond acceptors (Lipinski definition) is 8. The number of piperidine rings is 1. The molecule has 4 aromatic heterocycles. The molecule has 0 atom stereocenters. The Balaban J connectivity index is 1.31. The number of aromatic nitrogens is 2. The van der Waals surface area contributed by atoms with Crippen molar-refractivity contribution in [3.05, 3.63) is 59.7 Å². The average Bonchev–Trinajstić information content (AvgIpc) is 3.46. The molecule has 6 N–H and O–H groups in total. The van der Waals surface area contributed by atoms with Crippen LogP contribution in [0.2, 0.25) is 0 Å². The number of amides is 1. The maximum atomic E-state index is 12.7. The highest BCUT2D eigenvalue weighted by Gasteiger charge is 2.32. The molecule has 0 unspecified atom stereocenters. The van der Waals surface area contributed by atoms with Crippen molar-refractivity contribution in [3.8, 4) is 10.4 Å². The first-order valence-corrected chi connectivity index (χ1v) is 14.2. The third kappa shape index (κ3) is 3.91. The number of thiophene rings is 2. The largest absolute Gasteiger partial charge is 0.398 e. The number of rotatable bonds is 4. The summed E-state index contributed by atoms with van der Waals surface area (Å²) in [5.41, 5.74) is 23.7. The lowest BCUT2D eigenvalue weighted by molar-refractivity contribution is -0.698. The van der Waals surface area contributed by atoms with Crippen LogP contribution in [0.25, 0.3) is 30.9 Å². The van der Waals surface area contributed by atoms with E-state index in [1.54, 1.807) is 36.5 Å². The molecule has 1 amide bonds. The number of nitrogen functional groups attached to an aromatic ring is 3. The smallest absolute Gasteiger partial charge is 0.273 e. The van der Waals surface area contributed by atoms with Gasteiger partial charge in [-0.25, -0.2) is 4.98 Å². The molecule has 1 aliphatic heterocycles. The highest BCUT2D eigenvalue weighted by Crippen LogP contribution is 2.43. The molecule has 0 aliphatic carbocycles. The monoisotopic (exact) mass is 544 g/mol. The van der Waals surface area contributed by atoms with E-state index < -0.39 is 0 Å². The molecular weight excluding hydrogens is 514 g/mol. The molecule has 5 aromatic rings. The first-order chi connectivity index (χ1) is 18.3. The average molecular weight is 545 g/mol. The van der Waals surface area contributed by atoms with Crippen molar-refractivity contribution >= 4 is 71.8 Å². The maximum absolute atomic E-state index is 12.7. The van der Waals surface area contributed by atoms with Gasteiger partial charge >= 0.3 is 0 Å². The van der Waals surface area contributed by atoms with Gasteiger partial charge in [-0.3, -0.25) is 4.79 Å². The minimum Gasteiger partial charge on any atom is -0.398 e. The number of nitrogens with zero attached hydrogens (tertiary/aromatic N) is 4. The lowest BCUT2D eigenvalue weighted by Gasteiger charge is -2.31. The number of fused-ring (bicyclic) bond motifs is 2. The third-order valence-corrected chi connectivity index (χ3v) is 9.68. The van der Waals surface area contributed by atoms with Crippen molar-refractivity contribution in [2.45, 2.75) is 18.9 Å². The van der Waals surface area contributed by atoms with Gasteiger partial charge in [-0.1, -0.05) is 41.7 Å². The van der Waals surface area contributed by atoms with Crippen LogP contribution in [-0.2, 0) is 0 Å². The van der Waals surface area contributed by atoms with Crippen LogP contribution in [0.15, 0.2) is 54.9 Å². The Bertz CT molecular complexity index is 1670. The molecule has 0 spiro atoms. The zero-order valence-corrected chi connectivity index (χ0v) is 23.0. The molecule has 0 bridgehead atoms. The van der Waals surface area contributed by atoms with E-state index in [2.05, 4.69) is 32.8 Å². The Morgan fingerprint density at radius 1 is 1.00 bits per heavy atom. The van der Waals surface area contributed by atoms with E-state index in [1.165, 1.54) is 11.3 Å². The molecule has 1 saturated heterocycles. The van der Waals surface area contributed by atoms with Crippen molar-refractivity contribution in [3.63, 3.8) is 0 Å². The van der Waals surface area contributed by atoms with E-state index in [0.29, 0.717) is 22.3 Å². The molecule has 8 nitrogen and oxygen atoms in total. The molecular formula is C28H30N7OS2+. The van der Waals surface area contributed by atoms with Gasteiger partial charge in [0.05, 0.1) is 33.0 Å². The summed E-state index contributed by atoms with van der Waals surface area (Å²) < 4.78 is 2.35. The molecule has 38 heavy (non-hydrogen) atoms. The summed E-state index contributed by atoms with van der Waals surface area (Å²) in [4.78, 5) is 24.6. The normalized spacial score (nSPS) is 14.4. The Hall–Kier alpha value is -3.89. The van der Waals surface area contributed by atoms with Crippen LogP contribution in [0.1, 0.15) is 28.6 Å². The number of benzene rings is 1. The standard InChI is InChI=1S/C28H29N7OS2/c1-33(2)27(36)25-23(31)21-19(8-12-32-26(21)37-25)34-13-9-17(10-14-34)35-15-11-18(29)20-22(30)24(38-28(20)35)16-6-4-3-5-7-16/h3-8,11-12,15,17,29H,9-10,13-14,30H2,1-2H3,(H2,31,36)/p+1. The lowest BCUT2D eigenvalue weighted by atomic mass is 10.0. The van der Waals surface area contributed by atoms with E-state index in [-0.39, 0.29) is 5.91 Å². The topological polar surface area (TPSA) is 118 Å². The highest BCUT2D eigenvalue weighted by atomic mass is 32.1. The van der Waals surface area contributed by atoms with E-state index >= 15 is 0 Å². The number of pyridine rings is 2. The van der Waals surface area contributed by atoms with Crippen molar-refractivity contribution in [1.82, 2.24) is 9.88 Å². The first kappa shape index (κ1) is 24.4. The van der Waals surface area contributed by atoms with Gasteiger partial charge in [0.1, 0.15) is 15.1 Å². The SMILES string of the molecule is CN(C)C(=O)c1sc2nccc(N3CCC([n+]4ccc(N)c5c(N)c(-c6ccccc6)sc54)CC3)c2c1N. The van der Waals surface area contributed by atoms with Crippen molar-refractivity contribution in [2.75, 3.05) is 49.3 Å². The third-order valence-electron chi connectivity index (χ3n) is 7.31. The van der Waals surface area contributed by atoms with E-state index in [0.717, 1.165) is 68.2 Å². The number of hydrogen-bond donors (Lipinski definition) is 3. The zero-order valence-electron chi connectivity index (χ0n) is 21.3. The molecule has 0 radical (unpaired) electrons. The van der Waals surface area contributed by atoms with Crippen molar-refractivity contribution in [2.24, 2.45) is 0 Å². The van der Waals surface area contributed by atoms with Gasteiger partial charge in [0, 0.05) is 52.3 Å². The first-order valence-electron chi connectivity index (χ1n) is 12.6. The molecule has 1 aromatic carbocycles. The van der Waals surface area contributed by atoms with E-state index in [1.807, 2.05) is 30.3 Å². The van der Waals surface area contributed by atoms with Gasteiger partial charge in [-0.2, -0.15) is 4.57 Å². The number of carbonyl (C=O) groups excluding carboxylic acids is 1. The summed E-state index contributed by atoms with van der Waals surface area (Å²) in [6.07, 6.45) is 5.82. The highest BCUT2D eigenvalue weighted by molar-refractivity contribution is 7.22. The Kier molecular flexibility index (Phi) is 6.08. The molecule has 1 aliphatic rings. The van der Waals surface area contributed by atoms with E-state index in [4.69, 9.17) is 17.2 Å². The second kappa shape index (κ2) is 9.45. The van der Waals surface area contributed by atoms with Crippen LogP contribution in [0.4, 0.5) is 22.7 Å². The summed E-state index contributed by atoms with van der Waals surface area (Å²) in [6.45, 7) is 1.72. The minimum atomic E-state index is -0.0935. The second-order valence-corrected chi connectivity index (χ2v) is 11.8. The van der Waals surface area contributed by atoms with Crippen LogP contribution in [0.3, 0.4) is 0 Å². The fourth-order valence-electron chi connectivity index (χ4n) is 5.33. The summed E-state index contributed by atoms with van der Waals surface area (Å²) >= 11 is 3.07. The van der Waals surface area contributed by atoms with Crippen molar-refractivity contribution < 1.29 is 9.36 Å². The van der Waals surface area contributed by atoms with Crippen LogP contribution in [-0.4, -0.2) is 43.0 Å². The molecule has 5 heterocycles. The predicted octanol–water partition coefficient (Wildman–Crippen LogP) is 4.76. The number of nitrogens with two attached hydrogens (primary N) is 3. The Morgan fingerprint density at radius 3 is 2.45 bits per heavy atom. The Morgan fingerprint density at radius 2 is 1.74 bits per heavy atom. The van der Waals surface area contributed by atoms with Gasteiger partial charge in [0.25, 0.3) is 10.7 Å². The predicted molar refractivity (Wildman–Crippen MR) is 159 cm³/mol. The molecule has 0 saturated carbocycles. The molecule has 1 fully saturated rings. The maximum Gasteiger partial charge on any atom is 0.273 e. The molecule has 194 valence electrons. The Labute approximate surface area is 228 Å². The zero-order chi connectivity index (χ0) is 26.6. The van der Waals surface area contributed by atoms with Crippen LogP contribution in [0, 0.1) is 0 Å². The van der Waals surface area contributed by atoms with Crippen molar-refractivity contribution in [1.29, 1.82) is 0 Å². The number of carbonyl (C=O) groups is 1. The van der Waals surface area contributed by atoms with Gasteiger partial charge in [0.15, 0.2) is 12.2 Å². The summed E-state index contributed by atoms with van der Waals surface area (Å²) in [5, 5.41) is 1.82. The number of anilines is 4. The van der Waals surface area contributed by atoms with Gasteiger partial charge < -0.3 is 27.0 Å². The summed E-state index contributed by atoms with van der Waals surface area (Å²) in [6, 6.07) is 14.5. The van der Waals surface area contributed by atoms with Gasteiger partial charge in [0.2, 0.25) is 0 Å². The summed E-state index contributed by atoms with van der Waals surface area (Å²) in [7, 11) is 3.47. The fourth-order valence-corrected chi connectivity index (χ4v) is 7.74. The molecule has 6 rings (SSSR count). The van der Waals surface area contributed by atoms with Crippen LogP contribution in [0.5, 0.6) is 0 Å². The minimum absolute atomic E-state index is 0.0935. The summed E-state index contributed by atoms with van der Waals surface area (Å²) in [5.74, 6) is -0.0935. The van der Waals surface area contributed by atoms with Crippen LogP contribution < -0.4 is 26.7 Å². The van der Waals surface area contributed by atoms with Gasteiger partial charge in [-0.15, -0.1) is 11.3 Å². The fraction of sp³-hybridized carbons (Fsp3) is 0.250. The molecule has 10 heteroatoms. The quantitative estimate of drug-likeness (QED) is 0.281. The van der Waals surface area contributed by atoms with Crippen LogP contribution >= 0.6 is 22.7 Å². The second-order valence-electron chi connectivity index (χ2n) is 9.84. The van der Waals surface area contributed by atoms with E-state index in [9.17, 15) is 4.79 Å².